The van der Waals surface area contributed by atoms with E-state index in [1.807, 2.05) is 44.2 Å². The van der Waals surface area contributed by atoms with Crippen LogP contribution in [0.25, 0.3) is 0 Å². The zero-order valence-electron chi connectivity index (χ0n) is 25.7. The number of hydrogen-bond acceptors (Lipinski definition) is 4. The van der Waals surface area contributed by atoms with Crippen LogP contribution in [0.4, 0.5) is 5.69 Å². The lowest BCUT2D eigenvalue weighted by molar-refractivity contribution is -0.140. The molecular weight excluding hydrogens is 582 g/mol. The monoisotopic (exact) mass is 627 g/mol. The first-order valence-corrected chi connectivity index (χ1v) is 18.1. The quantitative estimate of drug-likeness (QED) is 0.264. The lowest BCUT2D eigenvalue weighted by atomic mass is 9.48. The maximum atomic E-state index is 14.0. The van der Waals surface area contributed by atoms with Gasteiger partial charge in [0, 0.05) is 18.1 Å². The number of rotatable bonds is 13. The molecule has 2 amide bonds. The summed E-state index contributed by atoms with van der Waals surface area (Å²) in [6, 6.07) is 14.3. The minimum atomic E-state index is -3.80. The Labute approximate surface area is 262 Å². The standard InChI is InChI=1S/C34H46ClN3O4S/c1-4-6-15-36-33(40)31(5-2)37(22-27-9-7-8-10-30(27)35)32(39)23-38(43(3,41)42)29-13-11-28(12-14-29)34-19-24-16-25(20-34)18-26(17-24)21-34/h7-14,24-26,31H,4-6,15-23H2,1-3H3,(H,36,40). The predicted octanol–water partition coefficient (Wildman–Crippen LogP) is 6.30. The van der Waals surface area contributed by atoms with Crippen molar-refractivity contribution in [1.82, 2.24) is 10.2 Å². The van der Waals surface area contributed by atoms with Gasteiger partial charge in [-0.25, -0.2) is 8.42 Å². The van der Waals surface area contributed by atoms with E-state index in [1.54, 1.807) is 6.07 Å². The Hall–Kier alpha value is -2.58. The number of nitrogens with zero attached hydrogens (tertiary/aromatic N) is 2. The van der Waals surface area contributed by atoms with E-state index in [4.69, 9.17) is 11.6 Å². The van der Waals surface area contributed by atoms with Gasteiger partial charge in [0.15, 0.2) is 0 Å². The van der Waals surface area contributed by atoms with Gasteiger partial charge in [-0.05, 0) is 104 Å². The third-order valence-electron chi connectivity index (χ3n) is 10.00. The van der Waals surface area contributed by atoms with Gasteiger partial charge in [0.25, 0.3) is 0 Å². The topological polar surface area (TPSA) is 86.8 Å². The molecule has 234 valence electrons. The molecule has 9 heteroatoms. The van der Waals surface area contributed by atoms with Crippen LogP contribution in [0.3, 0.4) is 0 Å². The molecule has 7 nitrogen and oxygen atoms in total. The number of amides is 2. The number of carbonyl (C=O) groups is 2. The van der Waals surface area contributed by atoms with Gasteiger partial charge in [-0.2, -0.15) is 0 Å². The van der Waals surface area contributed by atoms with Gasteiger partial charge >= 0.3 is 0 Å². The maximum absolute atomic E-state index is 14.0. The van der Waals surface area contributed by atoms with Crippen LogP contribution in [0.1, 0.15) is 82.8 Å². The maximum Gasteiger partial charge on any atom is 0.244 e. The highest BCUT2D eigenvalue weighted by molar-refractivity contribution is 7.92. The van der Waals surface area contributed by atoms with Crippen LogP contribution in [0.5, 0.6) is 0 Å². The molecule has 4 bridgehead atoms. The fraction of sp³-hybridized carbons (Fsp3) is 0.588. The van der Waals surface area contributed by atoms with E-state index in [0.29, 0.717) is 29.2 Å². The largest absolute Gasteiger partial charge is 0.354 e. The molecule has 0 aliphatic heterocycles. The van der Waals surface area contributed by atoms with Gasteiger partial charge in [0.2, 0.25) is 21.8 Å². The van der Waals surface area contributed by atoms with Gasteiger partial charge in [0.05, 0.1) is 11.9 Å². The van der Waals surface area contributed by atoms with Crippen molar-refractivity contribution in [1.29, 1.82) is 0 Å². The Morgan fingerprint density at radius 3 is 2.12 bits per heavy atom. The van der Waals surface area contributed by atoms with Gasteiger partial charge in [-0.3, -0.25) is 13.9 Å². The van der Waals surface area contributed by atoms with Crippen molar-refractivity contribution in [2.45, 2.75) is 89.6 Å². The molecule has 4 fully saturated rings. The molecule has 0 heterocycles. The number of hydrogen-bond donors (Lipinski definition) is 1. The first-order chi connectivity index (χ1) is 20.5. The Morgan fingerprint density at radius 2 is 1.58 bits per heavy atom. The highest BCUT2D eigenvalue weighted by Crippen LogP contribution is 2.60. The summed E-state index contributed by atoms with van der Waals surface area (Å²) < 4.78 is 27.4. The Bertz CT molecular complexity index is 1380. The second-order valence-electron chi connectivity index (χ2n) is 13.2. The van der Waals surface area contributed by atoms with Crippen LogP contribution >= 0.6 is 11.6 Å². The van der Waals surface area contributed by atoms with Gasteiger partial charge in [0.1, 0.15) is 12.6 Å². The molecule has 1 N–H and O–H groups in total. The van der Waals surface area contributed by atoms with E-state index in [2.05, 4.69) is 17.4 Å². The fourth-order valence-electron chi connectivity index (χ4n) is 8.29. The molecule has 0 aromatic heterocycles. The SMILES string of the molecule is CCCCNC(=O)C(CC)N(Cc1ccccc1Cl)C(=O)CN(c1ccc(C23CC4CC(CC(C4)C2)C3)cc1)S(C)(=O)=O. The van der Waals surface area contributed by atoms with Gasteiger partial charge in [-0.1, -0.05) is 62.2 Å². The minimum Gasteiger partial charge on any atom is -0.354 e. The van der Waals surface area contributed by atoms with E-state index in [0.717, 1.165) is 36.9 Å². The van der Waals surface area contributed by atoms with Crippen molar-refractivity contribution < 1.29 is 18.0 Å². The highest BCUT2D eigenvalue weighted by Gasteiger charge is 2.51. The normalized spacial score (nSPS) is 24.9. The molecule has 0 spiro atoms. The van der Waals surface area contributed by atoms with E-state index in [-0.39, 0.29) is 17.9 Å². The molecule has 4 aliphatic carbocycles. The summed E-state index contributed by atoms with van der Waals surface area (Å²) in [5.74, 6) is 1.73. The Morgan fingerprint density at radius 1 is 0.977 bits per heavy atom. The van der Waals surface area contributed by atoms with Gasteiger partial charge in [-0.15, -0.1) is 0 Å². The van der Waals surface area contributed by atoms with Crippen molar-refractivity contribution in [2.75, 3.05) is 23.7 Å². The van der Waals surface area contributed by atoms with E-state index in [9.17, 15) is 18.0 Å². The molecule has 1 atom stereocenters. The Balaban J connectivity index is 1.39. The molecule has 6 rings (SSSR count). The van der Waals surface area contributed by atoms with E-state index in [1.165, 1.54) is 53.3 Å². The third kappa shape index (κ3) is 7.06. The number of anilines is 1. The molecule has 0 radical (unpaired) electrons. The third-order valence-corrected chi connectivity index (χ3v) is 11.5. The molecule has 4 aliphatic rings. The minimum absolute atomic E-state index is 0.0980. The van der Waals surface area contributed by atoms with Crippen LogP contribution < -0.4 is 9.62 Å². The van der Waals surface area contributed by atoms with E-state index >= 15 is 0 Å². The summed E-state index contributed by atoms with van der Waals surface area (Å²) in [5.41, 5.74) is 2.65. The molecule has 43 heavy (non-hydrogen) atoms. The van der Waals surface area contributed by atoms with Crippen LogP contribution in [-0.4, -0.2) is 50.5 Å². The molecular formula is C34H46ClN3O4S. The predicted molar refractivity (Wildman–Crippen MR) is 172 cm³/mol. The number of carbonyl (C=O) groups excluding carboxylic acids is 2. The molecule has 0 saturated heterocycles. The van der Waals surface area contributed by atoms with Crippen molar-refractivity contribution in [2.24, 2.45) is 17.8 Å². The Kier molecular flexibility index (Phi) is 9.76. The van der Waals surface area contributed by atoms with Crippen LogP contribution in [0, 0.1) is 17.8 Å². The molecule has 2 aromatic rings. The lowest BCUT2D eigenvalue weighted by Gasteiger charge is -2.57. The number of unbranched alkanes of at least 4 members (excludes halogenated alkanes) is 1. The van der Waals surface area contributed by atoms with Crippen LogP contribution in [-0.2, 0) is 31.6 Å². The zero-order valence-corrected chi connectivity index (χ0v) is 27.3. The van der Waals surface area contributed by atoms with Crippen LogP contribution in [0.2, 0.25) is 5.02 Å². The number of halogens is 1. The first-order valence-electron chi connectivity index (χ1n) is 15.9. The average molecular weight is 628 g/mol. The van der Waals surface area contributed by atoms with Crippen molar-refractivity contribution in [3.05, 3.63) is 64.7 Å². The lowest BCUT2D eigenvalue weighted by Crippen LogP contribution is -2.52. The second kappa shape index (κ2) is 13.2. The van der Waals surface area contributed by atoms with Gasteiger partial charge < -0.3 is 10.2 Å². The summed E-state index contributed by atoms with van der Waals surface area (Å²) in [6.07, 6.45) is 11.0. The fourth-order valence-corrected chi connectivity index (χ4v) is 9.34. The van der Waals surface area contributed by atoms with Crippen molar-refractivity contribution in [3.63, 3.8) is 0 Å². The van der Waals surface area contributed by atoms with Crippen LogP contribution in [0.15, 0.2) is 48.5 Å². The second-order valence-corrected chi connectivity index (χ2v) is 15.5. The molecule has 1 unspecified atom stereocenters. The number of benzene rings is 2. The summed E-state index contributed by atoms with van der Waals surface area (Å²) in [5, 5.41) is 3.44. The smallest absolute Gasteiger partial charge is 0.244 e. The van der Waals surface area contributed by atoms with Crippen molar-refractivity contribution >= 4 is 39.1 Å². The summed E-state index contributed by atoms with van der Waals surface area (Å²) in [6.45, 7) is 4.12. The highest BCUT2D eigenvalue weighted by atomic mass is 35.5. The molecule has 4 saturated carbocycles. The van der Waals surface area contributed by atoms with Crippen molar-refractivity contribution in [3.8, 4) is 0 Å². The number of sulfonamides is 1. The zero-order chi connectivity index (χ0) is 30.8. The summed E-state index contributed by atoms with van der Waals surface area (Å²) >= 11 is 6.46. The summed E-state index contributed by atoms with van der Waals surface area (Å²) in [4.78, 5) is 28.7. The number of nitrogens with one attached hydrogen (secondary N) is 1. The van der Waals surface area contributed by atoms with E-state index < -0.39 is 28.5 Å². The first kappa shape index (κ1) is 31.8. The molecule has 2 aromatic carbocycles. The summed E-state index contributed by atoms with van der Waals surface area (Å²) in [7, 11) is -3.80. The average Bonchev–Trinajstić information content (AvgIpc) is 2.95.